The normalized spacial score (nSPS) is 12.7. The minimum atomic E-state index is 0.136. The van der Waals surface area contributed by atoms with Crippen molar-refractivity contribution in [1.29, 1.82) is 0 Å². The average Bonchev–Trinajstić information content (AvgIpc) is 2.65. The van der Waals surface area contributed by atoms with Gasteiger partial charge in [-0.25, -0.2) is 0 Å². The third-order valence-electron chi connectivity index (χ3n) is 2.49. The van der Waals surface area contributed by atoms with Crippen LogP contribution in [0.4, 0.5) is 0 Å². The molecule has 0 saturated carbocycles. The maximum Gasteiger partial charge on any atom is 0.134 e. The molecule has 2 nitrogen and oxygen atoms in total. The van der Waals surface area contributed by atoms with Gasteiger partial charge in [0.25, 0.3) is 0 Å². The Hall–Kier alpha value is -1.54. The monoisotopic (exact) mass is 215 g/mol. The van der Waals surface area contributed by atoms with Crippen molar-refractivity contribution in [2.45, 2.75) is 26.3 Å². The molecule has 16 heavy (non-hydrogen) atoms. The number of nitrogens with two attached hydrogens (primary N) is 1. The van der Waals surface area contributed by atoms with Gasteiger partial charge < -0.3 is 10.2 Å². The quantitative estimate of drug-likeness (QED) is 0.854. The maximum atomic E-state index is 5.76. The molecule has 1 aromatic heterocycles. The highest BCUT2D eigenvalue weighted by Crippen LogP contribution is 2.23. The van der Waals surface area contributed by atoms with E-state index in [1.807, 2.05) is 25.1 Å². The van der Waals surface area contributed by atoms with Gasteiger partial charge in [0.2, 0.25) is 0 Å². The molecule has 1 unspecified atom stereocenters. The number of furan rings is 1. The molecule has 1 heterocycles. The molecule has 84 valence electrons. The SMILES string of the molecule is Cc1cccc(-c2ccc(CC(C)N)o2)c1. The third kappa shape index (κ3) is 2.52. The van der Waals surface area contributed by atoms with E-state index in [2.05, 4.69) is 25.1 Å². The van der Waals surface area contributed by atoms with Crippen molar-refractivity contribution in [2.24, 2.45) is 5.73 Å². The first-order valence-corrected chi connectivity index (χ1v) is 5.56. The van der Waals surface area contributed by atoms with E-state index >= 15 is 0 Å². The number of rotatable bonds is 3. The Morgan fingerprint density at radius 1 is 1.25 bits per heavy atom. The fraction of sp³-hybridized carbons (Fsp3) is 0.286. The van der Waals surface area contributed by atoms with Gasteiger partial charge in [-0.2, -0.15) is 0 Å². The van der Waals surface area contributed by atoms with Crippen LogP contribution in [0, 0.1) is 6.92 Å². The molecule has 0 spiro atoms. The van der Waals surface area contributed by atoms with E-state index in [-0.39, 0.29) is 6.04 Å². The molecule has 2 heteroatoms. The van der Waals surface area contributed by atoms with E-state index in [0.717, 1.165) is 23.5 Å². The lowest BCUT2D eigenvalue weighted by Crippen LogP contribution is -2.17. The van der Waals surface area contributed by atoms with Gasteiger partial charge in [0.05, 0.1) is 0 Å². The van der Waals surface area contributed by atoms with Crippen molar-refractivity contribution in [1.82, 2.24) is 0 Å². The van der Waals surface area contributed by atoms with Crippen molar-refractivity contribution in [3.05, 3.63) is 47.7 Å². The van der Waals surface area contributed by atoms with Crippen LogP contribution in [-0.2, 0) is 6.42 Å². The van der Waals surface area contributed by atoms with Crippen LogP contribution in [0.15, 0.2) is 40.8 Å². The molecule has 0 bridgehead atoms. The summed E-state index contributed by atoms with van der Waals surface area (Å²) in [6, 6.07) is 12.4. The number of hydrogen-bond acceptors (Lipinski definition) is 2. The highest BCUT2D eigenvalue weighted by molar-refractivity contribution is 5.58. The van der Waals surface area contributed by atoms with E-state index in [9.17, 15) is 0 Å². The largest absolute Gasteiger partial charge is 0.461 e. The summed E-state index contributed by atoms with van der Waals surface area (Å²) in [4.78, 5) is 0. The van der Waals surface area contributed by atoms with Crippen molar-refractivity contribution in [2.75, 3.05) is 0 Å². The molecule has 2 N–H and O–H groups in total. The summed E-state index contributed by atoms with van der Waals surface area (Å²) in [7, 11) is 0. The summed E-state index contributed by atoms with van der Waals surface area (Å²) < 4.78 is 5.76. The average molecular weight is 215 g/mol. The summed E-state index contributed by atoms with van der Waals surface area (Å²) >= 11 is 0. The summed E-state index contributed by atoms with van der Waals surface area (Å²) in [5, 5.41) is 0. The second-order valence-corrected chi connectivity index (χ2v) is 4.32. The van der Waals surface area contributed by atoms with Gasteiger partial charge in [0.15, 0.2) is 0 Å². The van der Waals surface area contributed by atoms with Crippen LogP contribution in [-0.4, -0.2) is 6.04 Å². The molecule has 0 radical (unpaired) electrons. The van der Waals surface area contributed by atoms with Crippen molar-refractivity contribution < 1.29 is 4.42 Å². The van der Waals surface area contributed by atoms with E-state index in [1.165, 1.54) is 5.56 Å². The van der Waals surface area contributed by atoms with Crippen molar-refractivity contribution in [3.63, 3.8) is 0 Å². The number of aryl methyl sites for hydroxylation is 1. The Kier molecular flexibility index (Phi) is 3.11. The second kappa shape index (κ2) is 4.54. The van der Waals surface area contributed by atoms with Gasteiger partial charge in [0, 0.05) is 18.0 Å². The molecule has 1 atom stereocenters. The minimum absolute atomic E-state index is 0.136. The second-order valence-electron chi connectivity index (χ2n) is 4.32. The molecule has 0 fully saturated rings. The van der Waals surface area contributed by atoms with Crippen LogP contribution in [0.25, 0.3) is 11.3 Å². The van der Waals surface area contributed by atoms with Crippen LogP contribution in [0.3, 0.4) is 0 Å². The third-order valence-corrected chi connectivity index (χ3v) is 2.49. The van der Waals surface area contributed by atoms with Crippen molar-refractivity contribution >= 4 is 0 Å². The predicted molar refractivity (Wildman–Crippen MR) is 66.2 cm³/mol. The first-order chi connectivity index (χ1) is 7.65. The van der Waals surface area contributed by atoms with E-state index in [4.69, 9.17) is 10.2 Å². The summed E-state index contributed by atoms with van der Waals surface area (Å²) in [6.45, 7) is 4.06. The molecule has 1 aromatic carbocycles. The smallest absolute Gasteiger partial charge is 0.134 e. The fourth-order valence-corrected chi connectivity index (χ4v) is 1.76. The van der Waals surface area contributed by atoms with E-state index in [0.29, 0.717) is 0 Å². The zero-order chi connectivity index (χ0) is 11.5. The van der Waals surface area contributed by atoms with Crippen LogP contribution in [0.2, 0.25) is 0 Å². The van der Waals surface area contributed by atoms with Gasteiger partial charge in [-0.1, -0.05) is 23.8 Å². The lowest BCUT2D eigenvalue weighted by Gasteiger charge is -2.01. The van der Waals surface area contributed by atoms with Gasteiger partial charge in [-0.05, 0) is 32.0 Å². The van der Waals surface area contributed by atoms with Crippen LogP contribution in [0.5, 0.6) is 0 Å². The lowest BCUT2D eigenvalue weighted by molar-refractivity contribution is 0.503. The van der Waals surface area contributed by atoms with Gasteiger partial charge >= 0.3 is 0 Å². The molecule has 0 amide bonds. The first kappa shape index (κ1) is 11.0. The summed E-state index contributed by atoms with van der Waals surface area (Å²) in [6.07, 6.45) is 0.784. The van der Waals surface area contributed by atoms with Gasteiger partial charge in [-0.15, -0.1) is 0 Å². The summed E-state index contributed by atoms with van der Waals surface area (Å²) in [5.74, 6) is 1.87. The lowest BCUT2D eigenvalue weighted by atomic mass is 10.1. The molecule has 0 saturated heterocycles. The molecule has 0 aliphatic rings. The maximum absolute atomic E-state index is 5.76. The van der Waals surface area contributed by atoms with E-state index < -0.39 is 0 Å². The summed E-state index contributed by atoms with van der Waals surface area (Å²) in [5.41, 5.74) is 8.10. The topological polar surface area (TPSA) is 39.2 Å². The zero-order valence-electron chi connectivity index (χ0n) is 9.73. The Labute approximate surface area is 96.1 Å². The molecule has 2 aromatic rings. The number of hydrogen-bond donors (Lipinski definition) is 1. The zero-order valence-corrected chi connectivity index (χ0v) is 9.73. The van der Waals surface area contributed by atoms with E-state index in [1.54, 1.807) is 0 Å². The molecule has 0 aliphatic carbocycles. The molecule has 0 aliphatic heterocycles. The van der Waals surface area contributed by atoms with Crippen molar-refractivity contribution in [3.8, 4) is 11.3 Å². The fourth-order valence-electron chi connectivity index (χ4n) is 1.76. The first-order valence-electron chi connectivity index (χ1n) is 5.56. The standard InChI is InChI=1S/C14H17NO/c1-10-4-3-5-12(8-10)14-7-6-13(16-14)9-11(2)15/h3-8,11H,9,15H2,1-2H3. The molecular formula is C14H17NO. The van der Waals surface area contributed by atoms with Crippen LogP contribution in [0.1, 0.15) is 18.2 Å². The van der Waals surface area contributed by atoms with Gasteiger partial charge in [0.1, 0.15) is 11.5 Å². The Bertz CT molecular complexity index is 471. The molecular weight excluding hydrogens is 198 g/mol. The minimum Gasteiger partial charge on any atom is -0.461 e. The highest BCUT2D eigenvalue weighted by Gasteiger charge is 2.06. The molecule has 2 rings (SSSR count). The Morgan fingerprint density at radius 2 is 2.06 bits per heavy atom. The highest BCUT2D eigenvalue weighted by atomic mass is 16.3. The predicted octanol–water partition coefficient (Wildman–Crippen LogP) is 3.14. The van der Waals surface area contributed by atoms with Gasteiger partial charge in [-0.3, -0.25) is 0 Å². The Balaban J connectivity index is 2.24. The number of benzene rings is 1. The Morgan fingerprint density at radius 3 is 2.75 bits per heavy atom. The van der Waals surface area contributed by atoms with Crippen LogP contribution >= 0.6 is 0 Å². The van der Waals surface area contributed by atoms with Crippen LogP contribution < -0.4 is 5.73 Å².